The summed E-state index contributed by atoms with van der Waals surface area (Å²) in [5.74, 6) is 1.83. The van der Waals surface area contributed by atoms with Gasteiger partial charge in [-0.15, -0.1) is 11.8 Å². The van der Waals surface area contributed by atoms with Crippen molar-refractivity contribution in [2.75, 3.05) is 7.11 Å². The van der Waals surface area contributed by atoms with Gasteiger partial charge in [0.1, 0.15) is 10.8 Å². The second-order valence-electron chi connectivity index (χ2n) is 3.51. The third-order valence-electron chi connectivity index (χ3n) is 2.23. The number of thioether (sulfide) groups is 1. The zero-order valence-electron chi connectivity index (χ0n) is 9.38. The molecule has 0 unspecified atom stereocenters. The van der Waals surface area contributed by atoms with Gasteiger partial charge in [0.2, 0.25) is 0 Å². The molecule has 1 aromatic heterocycles. The summed E-state index contributed by atoms with van der Waals surface area (Å²) in [5, 5.41) is 1.05. The Hall–Kier alpha value is -1.42. The number of hydrogen-bond donors (Lipinski definition) is 0. The maximum Gasteiger partial charge on any atom is 0.118 e. The van der Waals surface area contributed by atoms with E-state index < -0.39 is 0 Å². The molecule has 4 heteroatoms. The summed E-state index contributed by atoms with van der Waals surface area (Å²) in [6.07, 6.45) is 3.84. The van der Waals surface area contributed by atoms with Crippen molar-refractivity contribution in [3.8, 4) is 5.75 Å². The number of hydrogen-bond acceptors (Lipinski definition) is 3. The summed E-state index contributed by atoms with van der Waals surface area (Å²) in [5.41, 5.74) is 1.27. The van der Waals surface area contributed by atoms with Crippen LogP contribution in [0.2, 0.25) is 0 Å². The maximum atomic E-state index is 5.11. The Morgan fingerprint density at radius 2 is 2.06 bits per heavy atom. The van der Waals surface area contributed by atoms with Gasteiger partial charge in [0.15, 0.2) is 0 Å². The van der Waals surface area contributed by atoms with E-state index in [0.29, 0.717) is 0 Å². The third-order valence-corrected chi connectivity index (χ3v) is 3.21. The van der Waals surface area contributed by atoms with E-state index in [1.165, 1.54) is 5.56 Å². The summed E-state index contributed by atoms with van der Waals surface area (Å²) < 4.78 is 7.07. The van der Waals surface area contributed by atoms with Gasteiger partial charge in [-0.25, -0.2) is 4.98 Å². The van der Waals surface area contributed by atoms with Crippen molar-refractivity contribution >= 4 is 11.8 Å². The molecule has 0 amide bonds. The Morgan fingerprint density at radius 1 is 1.31 bits per heavy atom. The molecule has 0 aliphatic rings. The monoisotopic (exact) mass is 234 g/mol. The van der Waals surface area contributed by atoms with Crippen LogP contribution >= 0.6 is 11.8 Å². The Bertz CT molecular complexity index is 450. The number of benzene rings is 1. The van der Waals surface area contributed by atoms with E-state index in [-0.39, 0.29) is 0 Å². The number of imidazole rings is 1. The SMILES string of the molecule is COc1ccc(CSc2cn(C)cn2)cc1. The number of aromatic nitrogens is 2. The highest BCUT2D eigenvalue weighted by Crippen LogP contribution is 2.21. The van der Waals surface area contributed by atoms with E-state index in [4.69, 9.17) is 4.74 Å². The van der Waals surface area contributed by atoms with Gasteiger partial charge in [0.25, 0.3) is 0 Å². The molecule has 3 nitrogen and oxygen atoms in total. The second-order valence-corrected chi connectivity index (χ2v) is 4.51. The summed E-state index contributed by atoms with van der Waals surface area (Å²) in [6.45, 7) is 0. The fraction of sp³-hybridized carbons (Fsp3) is 0.250. The molecule has 1 heterocycles. The summed E-state index contributed by atoms with van der Waals surface area (Å²) in [6, 6.07) is 8.12. The van der Waals surface area contributed by atoms with Crippen LogP contribution < -0.4 is 4.74 Å². The molecule has 0 aliphatic heterocycles. The van der Waals surface area contributed by atoms with Crippen LogP contribution in [0.25, 0.3) is 0 Å². The molecule has 0 spiro atoms. The van der Waals surface area contributed by atoms with E-state index in [0.717, 1.165) is 16.5 Å². The van der Waals surface area contributed by atoms with Crippen LogP contribution in [0.4, 0.5) is 0 Å². The van der Waals surface area contributed by atoms with Crippen molar-refractivity contribution in [2.24, 2.45) is 7.05 Å². The van der Waals surface area contributed by atoms with Crippen LogP contribution in [0.3, 0.4) is 0 Å². The van der Waals surface area contributed by atoms with Crippen LogP contribution in [-0.4, -0.2) is 16.7 Å². The van der Waals surface area contributed by atoms with E-state index in [2.05, 4.69) is 17.1 Å². The van der Waals surface area contributed by atoms with Crippen molar-refractivity contribution in [2.45, 2.75) is 10.8 Å². The van der Waals surface area contributed by atoms with Crippen molar-refractivity contribution in [1.82, 2.24) is 9.55 Å². The first-order valence-electron chi connectivity index (χ1n) is 5.01. The minimum absolute atomic E-state index is 0.895. The minimum atomic E-state index is 0.895. The predicted octanol–water partition coefficient (Wildman–Crippen LogP) is 2.72. The van der Waals surface area contributed by atoms with Gasteiger partial charge < -0.3 is 9.30 Å². The van der Waals surface area contributed by atoms with Crippen molar-refractivity contribution in [1.29, 1.82) is 0 Å². The number of aryl methyl sites for hydroxylation is 1. The van der Waals surface area contributed by atoms with E-state index >= 15 is 0 Å². The van der Waals surface area contributed by atoms with Crippen LogP contribution in [0.1, 0.15) is 5.56 Å². The number of nitrogens with zero attached hydrogens (tertiary/aromatic N) is 2. The summed E-state index contributed by atoms with van der Waals surface area (Å²) in [4.78, 5) is 4.27. The largest absolute Gasteiger partial charge is 0.497 e. The standard InChI is InChI=1S/C12H14N2OS/c1-14-7-12(13-9-14)16-8-10-3-5-11(15-2)6-4-10/h3-7,9H,8H2,1-2H3. The van der Waals surface area contributed by atoms with Gasteiger partial charge >= 0.3 is 0 Å². The zero-order valence-corrected chi connectivity index (χ0v) is 10.2. The molecule has 1 aromatic carbocycles. The van der Waals surface area contributed by atoms with Crippen molar-refractivity contribution in [3.63, 3.8) is 0 Å². The average molecular weight is 234 g/mol. The molecular formula is C12H14N2OS. The average Bonchev–Trinajstić information content (AvgIpc) is 2.73. The normalized spacial score (nSPS) is 10.4. The predicted molar refractivity (Wildman–Crippen MR) is 65.8 cm³/mol. The molecule has 0 bridgehead atoms. The Kier molecular flexibility index (Phi) is 3.51. The molecule has 0 fully saturated rings. The minimum Gasteiger partial charge on any atom is -0.497 e. The molecule has 0 aliphatic carbocycles. The molecule has 0 N–H and O–H groups in total. The molecule has 0 saturated heterocycles. The Labute approximate surface area is 99.5 Å². The zero-order chi connectivity index (χ0) is 11.4. The topological polar surface area (TPSA) is 27.1 Å². The smallest absolute Gasteiger partial charge is 0.118 e. The molecule has 0 radical (unpaired) electrons. The quantitative estimate of drug-likeness (QED) is 0.761. The lowest BCUT2D eigenvalue weighted by Crippen LogP contribution is -1.84. The lowest BCUT2D eigenvalue weighted by atomic mass is 10.2. The third kappa shape index (κ3) is 2.79. The Balaban J connectivity index is 1.94. The lowest BCUT2D eigenvalue weighted by Gasteiger charge is -2.01. The summed E-state index contributed by atoms with van der Waals surface area (Å²) in [7, 11) is 3.65. The van der Waals surface area contributed by atoms with Gasteiger partial charge in [0, 0.05) is 19.0 Å². The van der Waals surface area contributed by atoms with Gasteiger partial charge in [-0.3, -0.25) is 0 Å². The van der Waals surface area contributed by atoms with Crippen molar-refractivity contribution < 1.29 is 4.74 Å². The lowest BCUT2D eigenvalue weighted by molar-refractivity contribution is 0.414. The van der Waals surface area contributed by atoms with E-state index in [1.54, 1.807) is 18.9 Å². The van der Waals surface area contributed by atoms with Crippen LogP contribution in [-0.2, 0) is 12.8 Å². The van der Waals surface area contributed by atoms with Crippen molar-refractivity contribution in [3.05, 3.63) is 42.4 Å². The first-order chi connectivity index (χ1) is 7.78. The molecule has 2 rings (SSSR count). The molecule has 16 heavy (non-hydrogen) atoms. The van der Waals surface area contributed by atoms with Gasteiger partial charge in [0.05, 0.1) is 13.4 Å². The van der Waals surface area contributed by atoms with Crippen LogP contribution in [0, 0.1) is 0 Å². The highest BCUT2D eigenvalue weighted by Gasteiger charge is 1.99. The van der Waals surface area contributed by atoms with Gasteiger partial charge in [-0.05, 0) is 17.7 Å². The molecule has 0 atom stereocenters. The number of ether oxygens (including phenoxy) is 1. The number of methoxy groups -OCH3 is 1. The highest BCUT2D eigenvalue weighted by atomic mass is 32.2. The first-order valence-corrected chi connectivity index (χ1v) is 6.00. The van der Waals surface area contributed by atoms with E-state index in [9.17, 15) is 0 Å². The highest BCUT2D eigenvalue weighted by molar-refractivity contribution is 7.98. The van der Waals surface area contributed by atoms with Crippen LogP contribution in [0.5, 0.6) is 5.75 Å². The van der Waals surface area contributed by atoms with Crippen LogP contribution in [0.15, 0.2) is 41.8 Å². The van der Waals surface area contributed by atoms with Gasteiger partial charge in [-0.2, -0.15) is 0 Å². The molecular weight excluding hydrogens is 220 g/mol. The Morgan fingerprint density at radius 3 is 2.62 bits per heavy atom. The van der Waals surface area contributed by atoms with E-state index in [1.807, 2.05) is 36.3 Å². The van der Waals surface area contributed by atoms with Gasteiger partial charge in [-0.1, -0.05) is 12.1 Å². The maximum absolute atomic E-state index is 5.11. The second kappa shape index (κ2) is 5.07. The molecule has 84 valence electrons. The fourth-order valence-corrected chi connectivity index (χ4v) is 2.21. The first kappa shape index (κ1) is 11.1. The molecule has 2 aromatic rings. The molecule has 0 saturated carbocycles. The fourth-order valence-electron chi connectivity index (χ4n) is 1.34. The number of rotatable bonds is 4. The summed E-state index contributed by atoms with van der Waals surface area (Å²) >= 11 is 1.74.